The van der Waals surface area contributed by atoms with Gasteiger partial charge in [-0.25, -0.2) is 4.79 Å². The number of likely N-dealkylation sites (N-methyl/N-ethyl adjacent to an activating group) is 1. The summed E-state index contributed by atoms with van der Waals surface area (Å²) in [7, 11) is 1.57. The van der Waals surface area contributed by atoms with Crippen LogP contribution in [-0.4, -0.2) is 57.4 Å². The Morgan fingerprint density at radius 2 is 1.75 bits per heavy atom. The van der Waals surface area contributed by atoms with E-state index in [0.717, 1.165) is 28.7 Å². The van der Waals surface area contributed by atoms with Crippen LogP contribution in [0, 0.1) is 13.8 Å². The lowest BCUT2D eigenvalue weighted by Crippen LogP contribution is -2.49. The van der Waals surface area contributed by atoms with E-state index in [1.807, 2.05) is 0 Å². The molecular formula is C19H24F3N3O3. The number of aryl methyl sites for hydroxylation is 1. The van der Waals surface area contributed by atoms with Crippen LogP contribution in [0.4, 0.5) is 18.0 Å². The fraction of sp³-hybridized carbons (Fsp3) is 0.632. The Bertz CT molecular complexity index is 822. The third-order valence-electron chi connectivity index (χ3n) is 6.00. The number of rotatable bonds is 4. The molecule has 1 aliphatic carbocycles. The molecule has 2 heterocycles. The second-order valence-electron chi connectivity index (χ2n) is 7.73. The van der Waals surface area contributed by atoms with Crippen LogP contribution in [-0.2, 0) is 11.3 Å². The van der Waals surface area contributed by atoms with E-state index >= 15 is 0 Å². The van der Waals surface area contributed by atoms with Gasteiger partial charge < -0.3 is 9.47 Å². The molecule has 6 nitrogen and oxygen atoms in total. The molecule has 2 aliphatic rings. The largest absolute Gasteiger partial charge is 0.406 e. The van der Waals surface area contributed by atoms with Gasteiger partial charge in [0.1, 0.15) is 12.1 Å². The van der Waals surface area contributed by atoms with E-state index in [9.17, 15) is 27.6 Å². The van der Waals surface area contributed by atoms with Crippen molar-refractivity contribution in [3.8, 4) is 0 Å². The third-order valence-corrected chi connectivity index (χ3v) is 6.00. The van der Waals surface area contributed by atoms with Crippen LogP contribution in [0.2, 0.25) is 0 Å². The van der Waals surface area contributed by atoms with Gasteiger partial charge in [0.25, 0.3) is 5.91 Å². The number of imide groups is 1. The van der Waals surface area contributed by atoms with Crippen LogP contribution in [0.1, 0.15) is 53.8 Å². The summed E-state index contributed by atoms with van der Waals surface area (Å²) in [6.07, 6.45) is -0.599. The number of carbonyl (C=O) groups is 3. The van der Waals surface area contributed by atoms with Gasteiger partial charge in [-0.05, 0) is 32.8 Å². The van der Waals surface area contributed by atoms with E-state index in [4.69, 9.17) is 0 Å². The highest BCUT2D eigenvalue weighted by molar-refractivity contribution is 6.11. The molecule has 1 aromatic rings. The molecule has 1 spiro atoms. The van der Waals surface area contributed by atoms with Crippen molar-refractivity contribution in [2.24, 2.45) is 0 Å². The van der Waals surface area contributed by atoms with Crippen molar-refractivity contribution in [2.45, 2.75) is 64.2 Å². The summed E-state index contributed by atoms with van der Waals surface area (Å²) < 4.78 is 39.4. The average molecular weight is 399 g/mol. The highest BCUT2D eigenvalue weighted by Gasteiger charge is 2.55. The van der Waals surface area contributed by atoms with E-state index in [0.29, 0.717) is 18.5 Å². The van der Waals surface area contributed by atoms with E-state index in [1.165, 1.54) is 24.8 Å². The van der Waals surface area contributed by atoms with E-state index in [2.05, 4.69) is 0 Å². The highest BCUT2D eigenvalue weighted by Crippen LogP contribution is 2.39. The summed E-state index contributed by atoms with van der Waals surface area (Å²) in [4.78, 5) is 40.7. The molecule has 0 unspecified atom stereocenters. The average Bonchev–Trinajstić information content (AvgIpc) is 2.98. The maximum Gasteiger partial charge on any atom is 0.406 e. The Morgan fingerprint density at radius 1 is 1.14 bits per heavy atom. The Labute approximate surface area is 161 Å². The predicted octanol–water partition coefficient (Wildman–Crippen LogP) is 3.45. The van der Waals surface area contributed by atoms with Gasteiger partial charge in [0.15, 0.2) is 5.78 Å². The van der Waals surface area contributed by atoms with Gasteiger partial charge >= 0.3 is 12.2 Å². The summed E-state index contributed by atoms with van der Waals surface area (Å²) >= 11 is 0. The van der Waals surface area contributed by atoms with E-state index in [-0.39, 0.29) is 17.2 Å². The van der Waals surface area contributed by atoms with Crippen molar-refractivity contribution in [3.63, 3.8) is 0 Å². The molecule has 9 heteroatoms. The van der Waals surface area contributed by atoms with Gasteiger partial charge in [-0.15, -0.1) is 0 Å². The normalized spacial score (nSPS) is 19.8. The number of halogens is 3. The molecule has 1 aliphatic heterocycles. The van der Waals surface area contributed by atoms with Crippen LogP contribution in [0.25, 0.3) is 0 Å². The molecule has 2 fully saturated rings. The van der Waals surface area contributed by atoms with Gasteiger partial charge in [-0.3, -0.25) is 14.5 Å². The lowest BCUT2D eigenvalue weighted by molar-refractivity contribution is -0.141. The molecule has 3 rings (SSSR count). The van der Waals surface area contributed by atoms with Crippen LogP contribution in [0.5, 0.6) is 0 Å². The monoisotopic (exact) mass is 399 g/mol. The first-order valence-corrected chi connectivity index (χ1v) is 9.34. The molecule has 28 heavy (non-hydrogen) atoms. The molecule has 0 aromatic carbocycles. The number of hydrogen-bond donors (Lipinski definition) is 0. The van der Waals surface area contributed by atoms with E-state index in [1.54, 1.807) is 7.05 Å². The Balaban J connectivity index is 1.83. The molecule has 0 N–H and O–H groups in total. The molecule has 154 valence electrons. The van der Waals surface area contributed by atoms with E-state index < -0.39 is 36.6 Å². The van der Waals surface area contributed by atoms with Crippen LogP contribution in [0.3, 0.4) is 0 Å². The summed E-state index contributed by atoms with van der Waals surface area (Å²) in [5.41, 5.74) is -0.296. The molecule has 0 bridgehead atoms. The van der Waals surface area contributed by atoms with Crippen molar-refractivity contribution < 1.29 is 27.6 Å². The number of nitrogens with zero attached hydrogens (tertiary/aromatic N) is 3. The molecule has 1 saturated heterocycles. The minimum absolute atomic E-state index is 0.106. The number of urea groups is 1. The third kappa shape index (κ3) is 3.31. The second-order valence-corrected chi connectivity index (χ2v) is 7.73. The number of Topliss-reactive ketones (excluding diaryl/α,β-unsaturated/α-hetero) is 1. The zero-order chi connectivity index (χ0) is 20.9. The number of ketones is 1. The molecule has 0 atom stereocenters. The lowest BCUT2D eigenvalue weighted by Gasteiger charge is -2.35. The van der Waals surface area contributed by atoms with Gasteiger partial charge in [-0.2, -0.15) is 13.2 Å². The number of aromatic nitrogens is 1. The standard InChI is InChI=1S/C19H24F3N3O3/c1-12-9-14(13(2)25(12)11-19(20,21)22)15(26)10-24-16(27)18(23(3)17(24)28)7-5-4-6-8-18/h9H,4-8,10-11H2,1-3H3. The van der Waals surface area contributed by atoms with Crippen molar-refractivity contribution in [3.05, 3.63) is 23.0 Å². The first-order chi connectivity index (χ1) is 13.0. The number of alkyl halides is 3. The highest BCUT2D eigenvalue weighted by atomic mass is 19.4. The molecular weight excluding hydrogens is 375 g/mol. The lowest BCUT2D eigenvalue weighted by atomic mass is 9.80. The van der Waals surface area contributed by atoms with Gasteiger partial charge in [0, 0.05) is 24.0 Å². The smallest absolute Gasteiger partial charge is 0.339 e. The number of hydrogen-bond acceptors (Lipinski definition) is 3. The molecule has 0 radical (unpaired) electrons. The predicted molar refractivity (Wildman–Crippen MR) is 95.0 cm³/mol. The topological polar surface area (TPSA) is 62.6 Å². The molecule has 1 saturated carbocycles. The minimum Gasteiger partial charge on any atom is -0.339 e. The van der Waals surface area contributed by atoms with Gasteiger partial charge in [0.05, 0.1) is 6.54 Å². The zero-order valence-corrected chi connectivity index (χ0v) is 16.2. The maximum atomic E-state index is 13.0. The fourth-order valence-corrected chi connectivity index (χ4v) is 4.41. The van der Waals surface area contributed by atoms with Crippen LogP contribution in [0.15, 0.2) is 6.07 Å². The fourth-order valence-electron chi connectivity index (χ4n) is 4.41. The molecule has 1 aromatic heterocycles. The van der Waals surface area contributed by atoms with Gasteiger partial charge in [0.2, 0.25) is 0 Å². The first-order valence-electron chi connectivity index (χ1n) is 9.34. The minimum atomic E-state index is -4.41. The maximum absolute atomic E-state index is 13.0. The van der Waals surface area contributed by atoms with Crippen LogP contribution >= 0.6 is 0 Å². The van der Waals surface area contributed by atoms with Crippen molar-refractivity contribution >= 4 is 17.7 Å². The van der Waals surface area contributed by atoms with Crippen molar-refractivity contribution in [2.75, 3.05) is 13.6 Å². The number of amides is 3. The summed E-state index contributed by atoms with van der Waals surface area (Å²) in [5.74, 6) is -0.915. The van der Waals surface area contributed by atoms with Gasteiger partial charge in [-0.1, -0.05) is 19.3 Å². The molecule has 3 amide bonds. The first kappa shape index (κ1) is 20.4. The van der Waals surface area contributed by atoms with Crippen molar-refractivity contribution in [1.82, 2.24) is 14.4 Å². The Kier molecular flexibility index (Phi) is 5.05. The summed E-state index contributed by atoms with van der Waals surface area (Å²) in [5, 5.41) is 0. The Hall–Kier alpha value is -2.32. The SMILES string of the molecule is Cc1cc(C(=O)CN2C(=O)N(C)C3(CCCCC3)C2=O)c(C)n1CC(F)(F)F. The number of carbonyl (C=O) groups excluding carboxylic acids is 3. The van der Waals surface area contributed by atoms with Crippen molar-refractivity contribution in [1.29, 1.82) is 0 Å². The Morgan fingerprint density at radius 3 is 2.32 bits per heavy atom. The second kappa shape index (κ2) is 6.93. The summed E-state index contributed by atoms with van der Waals surface area (Å²) in [6.45, 7) is 1.28. The summed E-state index contributed by atoms with van der Waals surface area (Å²) in [6, 6.07) is 0.860. The zero-order valence-electron chi connectivity index (χ0n) is 16.2. The quantitative estimate of drug-likeness (QED) is 0.576. The van der Waals surface area contributed by atoms with Crippen LogP contribution < -0.4 is 0 Å².